The Morgan fingerprint density at radius 3 is 2.81 bits per heavy atom. The van der Waals surface area contributed by atoms with E-state index in [1.165, 1.54) is 0 Å². The van der Waals surface area contributed by atoms with E-state index in [0.717, 1.165) is 18.4 Å². The molecule has 1 fully saturated rings. The van der Waals surface area contributed by atoms with Gasteiger partial charge in [0.15, 0.2) is 0 Å². The van der Waals surface area contributed by atoms with Crippen LogP contribution >= 0.6 is 0 Å². The van der Waals surface area contributed by atoms with E-state index in [1.54, 1.807) is 0 Å². The number of carbonyl (C=O) groups is 1. The van der Waals surface area contributed by atoms with E-state index in [4.69, 9.17) is 4.74 Å². The quantitative estimate of drug-likeness (QED) is 0.607. The molecule has 1 N–H and O–H groups in total. The zero-order chi connectivity index (χ0) is 11.4. The van der Waals surface area contributed by atoms with Crippen LogP contribution in [0, 0.1) is 0 Å². The standard InChI is InChI=1S/C13H17NO2/c1-2-6-11-12(14-11)13(15)16-9-10-7-4-3-5-8-10/h3-5,7-8,11-12,14H,2,6,9H2,1H3/t11-,12-/m1/s1. The summed E-state index contributed by atoms with van der Waals surface area (Å²) in [5.74, 6) is -0.123. The fourth-order valence-electron chi connectivity index (χ4n) is 1.79. The molecule has 2 rings (SSSR count). The van der Waals surface area contributed by atoms with Gasteiger partial charge in [-0.25, -0.2) is 0 Å². The number of nitrogens with one attached hydrogen (secondary N) is 1. The van der Waals surface area contributed by atoms with Crippen molar-refractivity contribution >= 4 is 5.97 Å². The summed E-state index contributed by atoms with van der Waals surface area (Å²) in [6.45, 7) is 2.49. The molecule has 1 aromatic carbocycles. The monoisotopic (exact) mass is 219 g/mol. The summed E-state index contributed by atoms with van der Waals surface area (Å²) in [5, 5.41) is 3.13. The molecular formula is C13H17NO2. The molecule has 3 heteroatoms. The predicted molar refractivity (Wildman–Crippen MR) is 61.9 cm³/mol. The molecular weight excluding hydrogens is 202 g/mol. The van der Waals surface area contributed by atoms with E-state index in [0.29, 0.717) is 12.6 Å². The fraction of sp³-hybridized carbons (Fsp3) is 0.462. The number of carbonyl (C=O) groups excluding carboxylic acids is 1. The summed E-state index contributed by atoms with van der Waals surface area (Å²) in [7, 11) is 0. The van der Waals surface area contributed by atoms with Gasteiger partial charge in [0.2, 0.25) is 0 Å². The zero-order valence-corrected chi connectivity index (χ0v) is 9.48. The topological polar surface area (TPSA) is 48.2 Å². The molecule has 1 saturated heterocycles. The van der Waals surface area contributed by atoms with Gasteiger partial charge in [0.25, 0.3) is 0 Å². The molecule has 0 aliphatic carbocycles. The maximum atomic E-state index is 11.6. The molecule has 2 atom stereocenters. The highest BCUT2D eigenvalue weighted by atomic mass is 16.5. The van der Waals surface area contributed by atoms with Crippen LogP contribution in [0.2, 0.25) is 0 Å². The van der Waals surface area contributed by atoms with Gasteiger partial charge in [-0.15, -0.1) is 0 Å². The maximum absolute atomic E-state index is 11.6. The lowest BCUT2D eigenvalue weighted by atomic mass is 10.2. The summed E-state index contributed by atoms with van der Waals surface area (Å²) in [6.07, 6.45) is 2.14. The van der Waals surface area contributed by atoms with Crippen LogP contribution in [0.4, 0.5) is 0 Å². The average molecular weight is 219 g/mol. The molecule has 1 aliphatic rings. The van der Waals surface area contributed by atoms with Crippen molar-refractivity contribution in [2.45, 2.75) is 38.5 Å². The Morgan fingerprint density at radius 2 is 2.12 bits per heavy atom. The number of rotatable bonds is 5. The van der Waals surface area contributed by atoms with E-state index in [9.17, 15) is 4.79 Å². The van der Waals surface area contributed by atoms with Crippen LogP contribution < -0.4 is 5.32 Å². The minimum Gasteiger partial charge on any atom is -0.460 e. The number of ether oxygens (including phenoxy) is 1. The van der Waals surface area contributed by atoms with Crippen molar-refractivity contribution in [3.63, 3.8) is 0 Å². The predicted octanol–water partition coefficient (Wildman–Crippen LogP) is 1.87. The van der Waals surface area contributed by atoms with Crippen molar-refractivity contribution in [3.05, 3.63) is 35.9 Å². The van der Waals surface area contributed by atoms with Gasteiger partial charge < -0.3 is 4.74 Å². The van der Waals surface area contributed by atoms with Gasteiger partial charge in [-0.3, -0.25) is 10.1 Å². The molecule has 0 unspecified atom stereocenters. The van der Waals surface area contributed by atoms with Gasteiger partial charge in [-0.1, -0.05) is 43.7 Å². The van der Waals surface area contributed by atoms with E-state index in [2.05, 4.69) is 12.2 Å². The van der Waals surface area contributed by atoms with Crippen LogP contribution in [0.1, 0.15) is 25.3 Å². The molecule has 0 bridgehead atoms. The number of hydrogen-bond acceptors (Lipinski definition) is 3. The maximum Gasteiger partial charge on any atom is 0.325 e. The second-order valence-corrected chi connectivity index (χ2v) is 4.13. The normalized spacial score (nSPS) is 22.8. The Balaban J connectivity index is 1.73. The Kier molecular flexibility index (Phi) is 3.57. The van der Waals surface area contributed by atoms with Crippen LogP contribution in [0.25, 0.3) is 0 Å². The molecule has 1 aliphatic heterocycles. The lowest BCUT2D eigenvalue weighted by Gasteiger charge is -2.03. The molecule has 0 radical (unpaired) electrons. The summed E-state index contributed by atoms with van der Waals surface area (Å²) in [6, 6.07) is 10.0. The van der Waals surface area contributed by atoms with Crippen molar-refractivity contribution in [2.75, 3.05) is 0 Å². The number of benzene rings is 1. The van der Waals surface area contributed by atoms with Gasteiger partial charge in [0.05, 0.1) is 0 Å². The van der Waals surface area contributed by atoms with E-state index >= 15 is 0 Å². The van der Waals surface area contributed by atoms with E-state index < -0.39 is 0 Å². The molecule has 0 amide bonds. The van der Waals surface area contributed by atoms with Crippen LogP contribution in [0.15, 0.2) is 30.3 Å². The highest BCUT2D eigenvalue weighted by Gasteiger charge is 2.42. The Bertz CT molecular complexity index is 350. The fourth-order valence-corrected chi connectivity index (χ4v) is 1.79. The first kappa shape index (κ1) is 11.1. The van der Waals surface area contributed by atoms with Crippen molar-refractivity contribution in [2.24, 2.45) is 0 Å². The highest BCUT2D eigenvalue weighted by molar-refractivity contribution is 5.80. The van der Waals surface area contributed by atoms with E-state index in [-0.39, 0.29) is 12.0 Å². The second kappa shape index (κ2) is 5.12. The Labute approximate surface area is 95.8 Å². The van der Waals surface area contributed by atoms with Gasteiger partial charge in [0.1, 0.15) is 12.6 Å². The Hall–Kier alpha value is -1.35. The van der Waals surface area contributed by atoms with Gasteiger partial charge in [0, 0.05) is 6.04 Å². The van der Waals surface area contributed by atoms with Crippen LogP contribution in [0.5, 0.6) is 0 Å². The summed E-state index contributed by atoms with van der Waals surface area (Å²) >= 11 is 0. The third-order valence-electron chi connectivity index (χ3n) is 2.76. The van der Waals surface area contributed by atoms with Crippen molar-refractivity contribution in [1.29, 1.82) is 0 Å². The summed E-state index contributed by atoms with van der Waals surface area (Å²) in [4.78, 5) is 11.6. The molecule has 1 aromatic rings. The third kappa shape index (κ3) is 2.83. The van der Waals surface area contributed by atoms with Crippen molar-refractivity contribution in [3.8, 4) is 0 Å². The first-order valence-electron chi connectivity index (χ1n) is 5.78. The molecule has 0 spiro atoms. The minimum atomic E-state index is -0.123. The van der Waals surface area contributed by atoms with Crippen LogP contribution in [-0.4, -0.2) is 18.1 Å². The first-order valence-corrected chi connectivity index (χ1v) is 5.78. The van der Waals surface area contributed by atoms with Crippen LogP contribution in [0.3, 0.4) is 0 Å². The smallest absolute Gasteiger partial charge is 0.325 e. The Morgan fingerprint density at radius 1 is 1.38 bits per heavy atom. The van der Waals surface area contributed by atoms with Gasteiger partial charge in [-0.05, 0) is 12.0 Å². The molecule has 86 valence electrons. The van der Waals surface area contributed by atoms with Crippen LogP contribution in [-0.2, 0) is 16.1 Å². The highest BCUT2D eigenvalue weighted by Crippen LogP contribution is 2.18. The minimum absolute atomic E-state index is 0.0661. The van der Waals surface area contributed by atoms with E-state index in [1.807, 2.05) is 30.3 Å². The zero-order valence-electron chi connectivity index (χ0n) is 9.48. The third-order valence-corrected chi connectivity index (χ3v) is 2.76. The summed E-state index contributed by atoms with van der Waals surface area (Å²) in [5.41, 5.74) is 1.03. The molecule has 0 saturated carbocycles. The lowest BCUT2D eigenvalue weighted by molar-refractivity contribution is -0.144. The van der Waals surface area contributed by atoms with Crippen molar-refractivity contribution < 1.29 is 9.53 Å². The molecule has 0 aromatic heterocycles. The molecule has 1 heterocycles. The number of esters is 1. The molecule has 16 heavy (non-hydrogen) atoms. The molecule has 3 nitrogen and oxygen atoms in total. The SMILES string of the molecule is CCC[C@H]1N[C@H]1C(=O)OCc1ccccc1. The average Bonchev–Trinajstić information content (AvgIpc) is 3.07. The first-order chi connectivity index (χ1) is 7.81. The lowest BCUT2D eigenvalue weighted by Crippen LogP contribution is -2.15. The van der Waals surface area contributed by atoms with Gasteiger partial charge >= 0.3 is 5.97 Å². The number of hydrogen-bond donors (Lipinski definition) is 1. The summed E-state index contributed by atoms with van der Waals surface area (Å²) < 4.78 is 5.23. The second-order valence-electron chi connectivity index (χ2n) is 4.13. The van der Waals surface area contributed by atoms with Crippen molar-refractivity contribution in [1.82, 2.24) is 5.32 Å². The largest absolute Gasteiger partial charge is 0.460 e. The van der Waals surface area contributed by atoms with Gasteiger partial charge in [-0.2, -0.15) is 0 Å².